The van der Waals surface area contributed by atoms with Gasteiger partial charge in [-0.2, -0.15) is 0 Å². The van der Waals surface area contributed by atoms with Crippen LogP contribution in [0.15, 0.2) is 12.3 Å². The lowest BCUT2D eigenvalue weighted by Crippen LogP contribution is -2.46. The van der Waals surface area contributed by atoms with Crippen molar-refractivity contribution in [3.05, 3.63) is 18.0 Å². The first-order valence-corrected chi connectivity index (χ1v) is 14.3. The molecule has 3 aliphatic rings. The van der Waals surface area contributed by atoms with E-state index in [9.17, 15) is 14.7 Å². The third-order valence-electron chi connectivity index (χ3n) is 8.73. The molecule has 1 aromatic heterocycles. The van der Waals surface area contributed by atoms with Crippen molar-refractivity contribution in [1.29, 1.82) is 0 Å². The van der Waals surface area contributed by atoms with Gasteiger partial charge in [0.1, 0.15) is 6.10 Å². The number of cyclic esters (lactones) is 1. The number of amides is 1. The third kappa shape index (κ3) is 7.37. The number of methoxy groups -OCH3 is 1. The molecule has 2 aliphatic carbocycles. The predicted molar refractivity (Wildman–Crippen MR) is 139 cm³/mol. The topological polar surface area (TPSA) is 107 Å². The number of carbonyl (C=O) groups is 2. The molecule has 3 fully saturated rings. The Morgan fingerprint density at radius 1 is 1.05 bits per heavy atom. The standard InChI is InChI=1S/C29H44N2O6/c1-19-23(16-21-11-7-4-8-12-21)22(15-20-9-5-3-6-10-20)17-36-18-24(29(34)37-19)31-28(33)26-27(32)25(35-2)13-14-30-26/h13-14,19-24,32H,3-12,15-18H2,1-2H3,(H,31,33)/t19-,22-,23-,24-/m0/s1. The molecule has 4 atom stereocenters. The molecule has 4 rings (SSSR count). The van der Waals surface area contributed by atoms with E-state index in [0.717, 1.165) is 12.8 Å². The van der Waals surface area contributed by atoms with E-state index < -0.39 is 17.9 Å². The third-order valence-corrected chi connectivity index (χ3v) is 8.73. The molecule has 8 heteroatoms. The number of pyridine rings is 1. The summed E-state index contributed by atoms with van der Waals surface area (Å²) in [5.41, 5.74) is -0.203. The highest BCUT2D eigenvalue weighted by Gasteiger charge is 2.37. The Morgan fingerprint density at radius 2 is 1.70 bits per heavy atom. The van der Waals surface area contributed by atoms with E-state index in [1.54, 1.807) is 0 Å². The maximum absolute atomic E-state index is 13.2. The van der Waals surface area contributed by atoms with Crippen LogP contribution >= 0.6 is 0 Å². The molecule has 8 nitrogen and oxygen atoms in total. The van der Waals surface area contributed by atoms with Crippen LogP contribution in [0.3, 0.4) is 0 Å². The van der Waals surface area contributed by atoms with Crippen molar-refractivity contribution in [2.24, 2.45) is 23.7 Å². The fourth-order valence-corrected chi connectivity index (χ4v) is 6.64. The van der Waals surface area contributed by atoms with Gasteiger partial charge in [-0.05, 0) is 37.5 Å². The molecule has 37 heavy (non-hydrogen) atoms. The zero-order chi connectivity index (χ0) is 26.2. The summed E-state index contributed by atoms with van der Waals surface area (Å²) < 4.78 is 17.3. The van der Waals surface area contributed by atoms with Crippen LogP contribution < -0.4 is 10.1 Å². The lowest BCUT2D eigenvalue weighted by atomic mass is 9.72. The van der Waals surface area contributed by atoms with Gasteiger partial charge in [-0.3, -0.25) is 4.79 Å². The Balaban J connectivity index is 1.48. The first-order chi connectivity index (χ1) is 18.0. The maximum Gasteiger partial charge on any atom is 0.331 e. The Hall–Kier alpha value is -2.35. The van der Waals surface area contributed by atoms with Crippen molar-refractivity contribution >= 4 is 11.9 Å². The minimum atomic E-state index is -0.980. The highest BCUT2D eigenvalue weighted by molar-refractivity contribution is 5.98. The summed E-state index contributed by atoms with van der Waals surface area (Å²) in [6, 6.07) is 0.482. The van der Waals surface area contributed by atoms with Gasteiger partial charge in [0, 0.05) is 24.8 Å². The van der Waals surface area contributed by atoms with Crippen molar-refractivity contribution in [3.8, 4) is 11.5 Å². The van der Waals surface area contributed by atoms with Gasteiger partial charge in [0.2, 0.25) is 0 Å². The van der Waals surface area contributed by atoms with E-state index in [-0.39, 0.29) is 35.8 Å². The van der Waals surface area contributed by atoms with Crippen LogP contribution in [0.25, 0.3) is 0 Å². The molecule has 0 bridgehead atoms. The number of ether oxygens (including phenoxy) is 3. The van der Waals surface area contributed by atoms with Gasteiger partial charge in [0.15, 0.2) is 23.2 Å². The summed E-state index contributed by atoms with van der Waals surface area (Å²) in [6.45, 7) is 2.60. The normalized spacial score (nSPS) is 28.4. The molecule has 1 amide bonds. The Labute approximate surface area is 220 Å². The number of hydrogen-bond acceptors (Lipinski definition) is 7. The van der Waals surface area contributed by atoms with Crippen LogP contribution in [0.5, 0.6) is 11.5 Å². The highest BCUT2D eigenvalue weighted by atomic mass is 16.6. The Kier molecular flexibility index (Phi) is 10.1. The molecule has 1 aliphatic heterocycles. The van der Waals surface area contributed by atoms with E-state index in [4.69, 9.17) is 14.2 Å². The average Bonchev–Trinajstić information content (AvgIpc) is 2.95. The molecular weight excluding hydrogens is 472 g/mol. The van der Waals surface area contributed by atoms with Gasteiger partial charge in [0.05, 0.1) is 13.7 Å². The second kappa shape index (κ2) is 13.4. The lowest BCUT2D eigenvalue weighted by molar-refractivity contribution is -0.154. The molecule has 2 heterocycles. The summed E-state index contributed by atoms with van der Waals surface area (Å²) in [5.74, 6) is 0.538. The molecule has 206 valence electrons. The summed E-state index contributed by atoms with van der Waals surface area (Å²) in [5, 5.41) is 13.0. The number of aromatic hydroxyl groups is 1. The first-order valence-electron chi connectivity index (χ1n) is 14.3. The molecule has 0 aromatic carbocycles. The van der Waals surface area contributed by atoms with Crippen LogP contribution in [0, 0.1) is 23.7 Å². The number of nitrogens with one attached hydrogen (secondary N) is 1. The molecule has 0 spiro atoms. The van der Waals surface area contributed by atoms with Crippen molar-refractivity contribution in [2.45, 2.75) is 96.1 Å². The van der Waals surface area contributed by atoms with Gasteiger partial charge in [-0.25, -0.2) is 9.78 Å². The minimum Gasteiger partial charge on any atom is -0.503 e. The first kappa shape index (κ1) is 27.7. The monoisotopic (exact) mass is 516 g/mol. The van der Waals surface area contributed by atoms with Crippen molar-refractivity contribution in [1.82, 2.24) is 10.3 Å². The van der Waals surface area contributed by atoms with Crippen molar-refractivity contribution in [3.63, 3.8) is 0 Å². The summed E-state index contributed by atoms with van der Waals surface area (Å²) in [7, 11) is 1.40. The summed E-state index contributed by atoms with van der Waals surface area (Å²) >= 11 is 0. The van der Waals surface area contributed by atoms with Gasteiger partial charge in [-0.1, -0.05) is 64.2 Å². The highest BCUT2D eigenvalue weighted by Crippen LogP contribution is 2.39. The molecule has 0 radical (unpaired) electrons. The van der Waals surface area contributed by atoms with Gasteiger partial charge in [0.25, 0.3) is 5.91 Å². The van der Waals surface area contributed by atoms with Gasteiger partial charge >= 0.3 is 5.97 Å². The quantitative estimate of drug-likeness (QED) is 0.490. The van der Waals surface area contributed by atoms with Crippen LogP contribution in [-0.2, 0) is 14.3 Å². The average molecular weight is 517 g/mol. The largest absolute Gasteiger partial charge is 0.503 e. The second-order valence-electron chi connectivity index (χ2n) is 11.3. The van der Waals surface area contributed by atoms with Crippen LogP contribution in [0.1, 0.15) is 94.5 Å². The number of carbonyl (C=O) groups excluding carboxylic acids is 2. The fourth-order valence-electron chi connectivity index (χ4n) is 6.64. The van der Waals surface area contributed by atoms with E-state index in [1.807, 2.05) is 6.92 Å². The Bertz CT molecular complexity index is 896. The van der Waals surface area contributed by atoms with Crippen LogP contribution in [-0.4, -0.2) is 54.4 Å². The number of rotatable bonds is 7. The Morgan fingerprint density at radius 3 is 2.35 bits per heavy atom. The maximum atomic E-state index is 13.2. The number of nitrogens with zero attached hydrogens (tertiary/aromatic N) is 1. The van der Waals surface area contributed by atoms with Crippen molar-refractivity contribution < 1.29 is 28.9 Å². The number of esters is 1. The minimum absolute atomic E-state index is 0.0271. The van der Waals surface area contributed by atoms with E-state index in [1.165, 1.54) is 83.6 Å². The molecule has 2 saturated carbocycles. The van der Waals surface area contributed by atoms with E-state index >= 15 is 0 Å². The van der Waals surface area contributed by atoms with Gasteiger partial charge < -0.3 is 24.6 Å². The number of hydrogen-bond donors (Lipinski definition) is 2. The lowest BCUT2D eigenvalue weighted by Gasteiger charge is -2.36. The summed E-state index contributed by atoms with van der Waals surface area (Å²) in [4.78, 5) is 30.1. The molecule has 1 aromatic rings. The second-order valence-corrected chi connectivity index (χ2v) is 11.3. The van der Waals surface area contributed by atoms with E-state index in [0.29, 0.717) is 24.4 Å². The fraction of sp³-hybridized carbons (Fsp3) is 0.759. The molecular formula is C29H44N2O6. The zero-order valence-electron chi connectivity index (χ0n) is 22.5. The van der Waals surface area contributed by atoms with Crippen molar-refractivity contribution in [2.75, 3.05) is 20.3 Å². The van der Waals surface area contributed by atoms with Gasteiger partial charge in [-0.15, -0.1) is 0 Å². The summed E-state index contributed by atoms with van der Waals surface area (Å²) in [6.07, 6.45) is 16.2. The molecule has 2 N–H and O–H groups in total. The SMILES string of the molecule is COc1ccnc(C(=O)N[C@H]2COC[C@H](CC3CCCCC3)[C@@H](CC3CCCCC3)[C@H](C)OC2=O)c1O. The smallest absolute Gasteiger partial charge is 0.331 e. The van der Waals surface area contributed by atoms with E-state index in [2.05, 4.69) is 10.3 Å². The molecule has 0 unspecified atom stereocenters. The van der Waals surface area contributed by atoms with Crippen LogP contribution in [0.2, 0.25) is 0 Å². The predicted octanol–water partition coefficient (Wildman–Crippen LogP) is 5.03. The zero-order valence-corrected chi connectivity index (χ0v) is 22.5. The molecule has 1 saturated heterocycles. The number of aromatic nitrogens is 1. The van der Waals surface area contributed by atoms with Crippen LogP contribution in [0.4, 0.5) is 0 Å².